The Balaban J connectivity index is 1.69. The van der Waals surface area contributed by atoms with Crippen LogP contribution >= 0.6 is 11.6 Å². The van der Waals surface area contributed by atoms with E-state index in [0.717, 1.165) is 0 Å². The van der Waals surface area contributed by atoms with Crippen LogP contribution in [0.3, 0.4) is 0 Å². The maximum atomic E-state index is 14.3. The predicted molar refractivity (Wildman–Crippen MR) is 157 cm³/mol. The molecule has 0 aromatic heterocycles. The maximum Gasteiger partial charge on any atom is 0.320 e. The van der Waals surface area contributed by atoms with E-state index in [1.165, 1.54) is 12.0 Å². The molecule has 1 heterocycles. The van der Waals surface area contributed by atoms with Gasteiger partial charge in [0.2, 0.25) is 5.91 Å². The van der Waals surface area contributed by atoms with Crippen LogP contribution in [0.15, 0.2) is 72.8 Å². The zero-order valence-corrected chi connectivity index (χ0v) is 23.9. The number of fused-ring (bicyclic) bond motifs is 1. The van der Waals surface area contributed by atoms with Gasteiger partial charge in [0, 0.05) is 41.2 Å². The fraction of sp³-hybridized carbons (Fsp3) is 0.300. The second kappa shape index (κ2) is 13.5. The van der Waals surface area contributed by atoms with Gasteiger partial charge in [-0.25, -0.2) is 4.79 Å². The number of hydrogen-bond acceptors (Lipinski definition) is 6. The van der Waals surface area contributed by atoms with E-state index in [-0.39, 0.29) is 13.0 Å². The molecule has 10 nitrogen and oxygen atoms in total. The number of rotatable bonds is 12. The molecule has 4 rings (SSSR count). The average Bonchev–Trinajstić information content (AvgIpc) is 3.17. The lowest BCUT2D eigenvalue weighted by Gasteiger charge is -2.30. The SMILES string of the molecule is CCOC(CN1C(=O)C(CC(=O)Nc2ccc(Cl)cc2)(NC(=O)Nc2cccc(OC)c2)c2ccccc21)OCC. The number of nitrogens with one attached hydrogen (secondary N) is 3. The first-order valence-electron chi connectivity index (χ1n) is 13.2. The molecule has 3 aromatic carbocycles. The van der Waals surface area contributed by atoms with Gasteiger partial charge < -0.3 is 35.1 Å². The fourth-order valence-corrected chi connectivity index (χ4v) is 4.88. The van der Waals surface area contributed by atoms with E-state index < -0.39 is 29.7 Å². The summed E-state index contributed by atoms with van der Waals surface area (Å²) in [4.78, 5) is 42.6. The van der Waals surface area contributed by atoms with Crippen LogP contribution in [-0.4, -0.2) is 51.0 Å². The Kier molecular flexibility index (Phi) is 9.82. The minimum absolute atomic E-state index is 0.0667. The third-order valence-electron chi connectivity index (χ3n) is 6.51. The average molecular weight is 581 g/mol. The summed E-state index contributed by atoms with van der Waals surface area (Å²) in [5, 5.41) is 8.90. The molecule has 1 aliphatic rings. The summed E-state index contributed by atoms with van der Waals surface area (Å²) < 4.78 is 16.7. The van der Waals surface area contributed by atoms with Gasteiger partial charge in [-0.15, -0.1) is 0 Å². The minimum Gasteiger partial charge on any atom is -0.497 e. The maximum absolute atomic E-state index is 14.3. The Morgan fingerprint density at radius 1 is 0.927 bits per heavy atom. The number of nitrogens with zero attached hydrogens (tertiary/aromatic N) is 1. The number of carbonyl (C=O) groups is 3. The summed E-state index contributed by atoms with van der Waals surface area (Å²) in [6.45, 7) is 4.49. The van der Waals surface area contributed by atoms with Gasteiger partial charge in [0.05, 0.1) is 25.8 Å². The van der Waals surface area contributed by atoms with Crippen molar-refractivity contribution in [3.63, 3.8) is 0 Å². The second-order valence-electron chi connectivity index (χ2n) is 9.22. The van der Waals surface area contributed by atoms with Gasteiger partial charge in [-0.3, -0.25) is 9.59 Å². The first kappa shape index (κ1) is 29.9. The number of urea groups is 1. The van der Waals surface area contributed by atoms with Crippen LogP contribution < -0.4 is 25.6 Å². The normalized spacial score (nSPS) is 15.9. The molecule has 11 heteroatoms. The number of para-hydroxylation sites is 1. The number of ether oxygens (including phenoxy) is 3. The van der Waals surface area contributed by atoms with Crippen molar-refractivity contribution < 1.29 is 28.6 Å². The van der Waals surface area contributed by atoms with Crippen molar-refractivity contribution in [3.8, 4) is 5.75 Å². The number of amides is 4. The largest absolute Gasteiger partial charge is 0.497 e. The van der Waals surface area contributed by atoms with Crippen molar-refractivity contribution in [2.75, 3.05) is 42.4 Å². The summed E-state index contributed by atoms with van der Waals surface area (Å²) in [6, 6.07) is 19.8. The molecule has 0 bridgehead atoms. The van der Waals surface area contributed by atoms with Crippen molar-refractivity contribution in [2.24, 2.45) is 0 Å². The van der Waals surface area contributed by atoms with Gasteiger partial charge >= 0.3 is 6.03 Å². The van der Waals surface area contributed by atoms with E-state index in [1.807, 2.05) is 13.8 Å². The van der Waals surface area contributed by atoms with E-state index in [4.69, 9.17) is 25.8 Å². The number of anilines is 3. The summed E-state index contributed by atoms with van der Waals surface area (Å²) in [5.74, 6) is -0.425. The van der Waals surface area contributed by atoms with Gasteiger partial charge in [-0.2, -0.15) is 0 Å². The smallest absolute Gasteiger partial charge is 0.320 e. The topological polar surface area (TPSA) is 118 Å². The standard InChI is InChI=1S/C30H33ClN4O6/c1-4-40-27(41-5-2)19-35-25-12-7-6-11-24(25)30(28(35)37,18-26(36)32-21-15-13-20(31)14-16-21)34-29(38)33-22-9-8-10-23(17-22)39-3/h6-17,27H,4-5,18-19H2,1-3H3,(H,32,36)(H2,33,34,38). The highest BCUT2D eigenvalue weighted by Crippen LogP contribution is 2.43. The minimum atomic E-state index is -1.72. The molecule has 3 N–H and O–H groups in total. The van der Waals surface area contributed by atoms with Gasteiger partial charge in [0.15, 0.2) is 11.8 Å². The van der Waals surface area contributed by atoms with Crippen LogP contribution in [0.4, 0.5) is 21.9 Å². The Hall–Kier alpha value is -4.12. The Bertz CT molecular complexity index is 1380. The Morgan fingerprint density at radius 2 is 1.63 bits per heavy atom. The molecule has 0 spiro atoms. The van der Waals surface area contributed by atoms with E-state index in [9.17, 15) is 14.4 Å². The third kappa shape index (κ3) is 6.97. The molecule has 0 saturated heterocycles. The molecular weight excluding hydrogens is 548 g/mol. The van der Waals surface area contributed by atoms with Crippen LogP contribution in [0.1, 0.15) is 25.8 Å². The van der Waals surface area contributed by atoms with Crippen molar-refractivity contribution in [1.82, 2.24) is 5.32 Å². The zero-order valence-electron chi connectivity index (χ0n) is 23.1. The van der Waals surface area contributed by atoms with Crippen LogP contribution in [0.25, 0.3) is 0 Å². The van der Waals surface area contributed by atoms with Crippen molar-refractivity contribution >= 4 is 46.5 Å². The molecule has 1 atom stereocenters. The third-order valence-corrected chi connectivity index (χ3v) is 6.76. The summed E-state index contributed by atoms with van der Waals surface area (Å²) >= 11 is 5.98. The Morgan fingerprint density at radius 3 is 2.32 bits per heavy atom. The van der Waals surface area contributed by atoms with E-state index in [1.54, 1.807) is 72.8 Å². The van der Waals surface area contributed by atoms with Crippen molar-refractivity contribution in [1.29, 1.82) is 0 Å². The fourth-order valence-electron chi connectivity index (χ4n) is 4.75. The summed E-state index contributed by atoms with van der Waals surface area (Å²) in [7, 11) is 1.52. The molecule has 4 amide bonds. The van der Waals surface area contributed by atoms with Crippen LogP contribution in [0, 0.1) is 0 Å². The number of benzene rings is 3. The lowest BCUT2D eigenvalue weighted by atomic mass is 9.87. The number of hydrogen-bond donors (Lipinski definition) is 3. The van der Waals surface area contributed by atoms with Gasteiger partial charge in [0.1, 0.15) is 5.75 Å². The van der Waals surface area contributed by atoms with Crippen molar-refractivity contribution in [2.45, 2.75) is 32.1 Å². The summed E-state index contributed by atoms with van der Waals surface area (Å²) in [5.41, 5.74) is 0.246. The van der Waals surface area contributed by atoms with Crippen LogP contribution in [-0.2, 0) is 24.6 Å². The molecule has 0 fully saturated rings. The van der Waals surface area contributed by atoms with Gasteiger partial charge in [-0.05, 0) is 56.3 Å². The molecule has 0 radical (unpaired) electrons. The monoisotopic (exact) mass is 580 g/mol. The van der Waals surface area contributed by atoms with Crippen molar-refractivity contribution in [3.05, 3.63) is 83.4 Å². The number of halogens is 1. The molecule has 41 heavy (non-hydrogen) atoms. The first-order valence-corrected chi connectivity index (χ1v) is 13.6. The lowest BCUT2D eigenvalue weighted by molar-refractivity contribution is -0.138. The number of carbonyl (C=O) groups excluding carboxylic acids is 3. The van der Waals surface area contributed by atoms with E-state index in [2.05, 4.69) is 16.0 Å². The van der Waals surface area contributed by atoms with Gasteiger partial charge in [-0.1, -0.05) is 35.9 Å². The molecule has 0 aliphatic carbocycles. The molecule has 1 unspecified atom stereocenters. The highest BCUT2D eigenvalue weighted by Gasteiger charge is 2.53. The predicted octanol–water partition coefficient (Wildman–Crippen LogP) is 5.14. The lowest BCUT2D eigenvalue weighted by Crippen LogP contribution is -2.56. The Labute approximate surface area is 243 Å². The zero-order chi connectivity index (χ0) is 29.4. The van der Waals surface area contributed by atoms with Gasteiger partial charge in [0.25, 0.3) is 5.91 Å². The highest BCUT2D eigenvalue weighted by atomic mass is 35.5. The van der Waals surface area contributed by atoms with E-state index >= 15 is 0 Å². The van der Waals surface area contributed by atoms with E-state index in [0.29, 0.717) is 46.6 Å². The molecule has 216 valence electrons. The molecule has 0 saturated carbocycles. The summed E-state index contributed by atoms with van der Waals surface area (Å²) in [6.07, 6.45) is -1.08. The molecule has 3 aromatic rings. The molecular formula is C30H33ClN4O6. The quantitative estimate of drug-likeness (QED) is 0.255. The van der Waals surface area contributed by atoms with Crippen LogP contribution in [0.5, 0.6) is 5.75 Å². The molecule has 1 aliphatic heterocycles. The second-order valence-corrected chi connectivity index (χ2v) is 9.66. The highest BCUT2D eigenvalue weighted by molar-refractivity contribution is 6.30. The number of methoxy groups -OCH3 is 1. The van der Waals surface area contributed by atoms with Crippen LogP contribution in [0.2, 0.25) is 5.02 Å². The first-order chi connectivity index (χ1) is 19.8.